The number of hydrogen-bond acceptors (Lipinski definition) is 5. The van der Waals surface area contributed by atoms with Gasteiger partial charge < -0.3 is 18.8 Å². The number of carbonyl (C=O) groups is 1. The average molecular weight is 447 g/mol. The van der Waals surface area contributed by atoms with Crippen LogP contribution in [-0.2, 0) is 17.8 Å². The zero-order valence-electron chi connectivity index (χ0n) is 19.3. The van der Waals surface area contributed by atoms with Gasteiger partial charge in [-0.2, -0.15) is 0 Å². The minimum atomic E-state index is -0.172. The van der Waals surface area contributed by atoms with Gasteiger partial charge in [-0.15, -0.1) is 0 Å². The van der Waals surface area contributed by atoms with Crippen molar-refractivity contribution in [3.05, 3.63) is 71.6 Å². The predicted octanol–water partition coefficient (Wildman–Crippen LogP) is 5.64. The summed E-state index contributed by atoms with van der Waals surface area (Å²) in [6, 6.07) is 18.2. The summed E-state index contributed by atoms with van der Waals surface area (Å²) in [5, 5.41) is 0. The van der Waals surface area contributed by atoms with Crippen LogP contribution < -0.4 is 4.74 Å². The van der Waals surface area contributed by atoms with Crippen LogP contribution in [0.2, 0.25) is 0 Å². The molecule has 172 valence electrons. The standard InChI is InChI=1S/C27H30N2O4/c1-3-31-26(30)29-13-12-27(18-29)16-22(27)14-20-8-7-11-23(15-20)32-17-24-19(2)33-25(28-24)21-9-5-4-6-10-21/h4-11,15,22H,3,12-14,16-18H2,1-2H3/t22-,27?/m1/s1. The first-order chi connectivity index (χ1) is 16.1. The summed E-state index contributed by atoms with van der Waals surface area (Å²) in [6.45, 7) is 6.20. The van der Waals surface area contributed by atoms with Crippen molar-refractivity contribution in [1.29, 1.82) is 0 Å². The van der Waals surface area contributed by atoms with E-state index < -0.39 is 0 Å². The monoisotopic (exact) mass is 446 g/mol. The molecule has 1 unspecified atom stereocenters. The van der Waals surface area contributed by atoms with E-state index in [0.29, 0.717) is 25.0 Å². The van der Waals surface area contributed by atoms with E-state index >= 15 is 0 Å². The minimum Gasteiger partial charge on any atom is -0.487 e. The van der Waals surface area contributed by atoms with E-state index in [2.05, 4.69) is 17.1 Å². The molecular weight excluding hydrogens is 416 g/mol. The van der Waals surface area contributed by atoms with Crippen LogP contribution >= 0.6 is 0 Å². The molecule has 0 radical (unpaired) electrons. The van der Waals surface area contributed by atoms with Crippen LogP contribution in [0.5, 0.6) is 5.75 Å². The van der Waals surface area contributed by atoms with Crippen molar-refractivity contribution in [3.63, 3.8) is 0 Å². The van der Waals surface area contributed by atoms with Gasteiger partial charge in [-0.25, -0.2) is 9.78 Å². The van der Waals surface area contributed by atoms with E-state index in [9.17, 15) is 4.79 Å². The maximum absolute atomic E-state index is 12.0. The third kappa shape index (κ3) is 4.61. The molecule has 1 aliphatic carbocycles. The molecule has 1 spiro atoms. The highest BCUT2D eigenvalue weighted by Gasteiger charge is 2.57. The van der Waals surface area contributed by atoms with Gasteiger partial charge in [0.1, 0.15) is 23.8 Å². The molecule has 1 saturated heterocycles. The van der Waals surface area contributed by atoms with E-state index in [0.717, 1.165) is 48.7 Å². The summed E-state index contributed by atoms with van der Waals surface area (Å²) in [5.74, 6) is 2.84. The van der Waals surface area contributed by atoms with E-state index in [4.69, 9.17) is 13.9 Å². The van der Waals surface area contributed by atoms with E-state index in [-0.39, 0.29) is 11.5 Å². The lowest BCUT2D eigenvalue weighted by Crippen LogP contribution is -2.29. The van der Waals surface area contributed by atoms with Crippen molar-refractivity contribution < 1.29 is 18.7 Å². The molecule has 5 rings (SSSR count). The first-order valence-corrected chi connectivity index (χ1v) is 11.7. The number of ether oxygens (including phenoxy) is 2. The Morgan fingerprint density at radius 3 is 2.88 bits per heavy atom. The third-order valence-corrected chi connectivity index (χ3v) is 6.94. The molecule has 1 amide bonds. The number of oxazole rings is 1. The quantitative estimate of drug-likeness (QED) is 0.470. The number of rotatable bonds is 7. The molecule has 1 aromatic heterocycles. The number of benzene rings is 2. The van der Waals surface area contributed by atoms with Crippen molar-refractivity contribution in [3.8, 4) is 17.2 Å². The molecular formula is C27H30N2O4. The number of aryl methyl sites for hydroxylation is 1. The molecule has 2 aromatic carbocycles. The van der Waals surface area contributed by atoms with Crippen LogP contribution in [0.3, 0.4) is 0 Å². The lowest BCUT2D eigenvalue weighted by atomic mass is 9.98. The van der Waals surface area contributed by atoms with Gasteiger partial charge in [-0.05, 0) is 74.3 Å². The van der Waals surface area contributed by atoms with Crippen LogP contribution in [0, 0.1) is 18.3 Å². The zero-order chi connectivity index (χ0) is 22.8. The number of nitrogens with zero attached hydrogens (tertiary/aromatic N) is 2. The Morgan fingerprint density at radius 1 is 1.21 bits per heavy atom. The van der Waals surface area contributed by atoms with Crippen molar-refractivity contribution >= 4 is 6.09 Å². The summed E-state index contributed by atoms with van der Waals surface area (Å²) in [6.07, 6.45) is 3.08. The van der Waals surface area contributed by atoms with E-state index in [1.807, 2.05) is 61.2 Å². The van der Waals surface area contributed by atoms with E-state index in [1.165, 1.54) is 12.0 Å². The van der Waals surface area contributed by atoms with Crippen LogP contribution in [0.15, 0.2) is 59.0 Å². The fourth-order valence-electron chi connectivity index (χ4n) is 4.95. The van der Waals surface area contributed by atoms with Gasteiger partial charge in [0.15, 0.2) is 0 Å². The number of likely N-dealkylation sites (tertiary alicyclic amines) is 1. The zero-order valence-corrected chi connectivity index (χ0v) is 19.3. The second-order valence-corrected chi connectivity index (χ2v) is 9.16. The average Bonchev–Trinajstić information content (AvgIpc) is 3.13. The number of aromatic nitrogens is 1. The Balaban J connectivity index is 1.18. The highest BCUT2D eigenvalue weighted by Crippen LogP contribution is 2.59. The summed E-state index contributed by atoms with van der Waals surface area (Å²) in [5.41, 5.74) is 3.31. The minimum absolute atomic E-state index is 0.172. The number of hydrogen-bond donors (Lipinski definition) is 0. The van der Waals surface area contributed by atoms with Gasteiger partial charge in [0.05, 0.1) is 6.61 Å². The second kappa shape index (κ2) is 8.93. The smallest absolute Gasteiger partial charge is 0.409 e. The highest BCUT2D eigenvalue weighted by atomic mass is 16.6. The maximum atomic E-state index is 12.0. The molecule has 6 nitrogen and oxygen atoms in total. The molecule has 1 aliphatic heterocycles. The van der Waals surface area contributed by atoms with Gasteiger partial charge in [0.2, 0.25) is 5.89 Å². The first-order valence-electron chi connectivity index (χ1n) is 11.7. The first kappa shape index (κ1) is 21.6. The van der Waals surface area contributed by atoms with Crippen molar-refractivity contribution in [2.45, 2.75) is 39.7 Å². The second-order valence-electron chi connectivity index (χ2n) is 9.16. The SMILES string of the molecule is CCOC(=O)N1CCC2(C[C@H]2Cc2cccc(OCc3nc(-c4ccccc4)oc3C)c2)C1. The lowest BCUT2D eigenvalue weighted by molar-refractivity contribution is 0.113. The normalized spacial score (nSPS) is 21.4. The Bertz CT molecular complexity index is 1130. The van der Waals surface area contributed by atoms with Gasteiger partial charge in [0.25, 0.3) is 0 Å². The molecule has 2 heterocycles. The molecule has 1 saturated carbocycles. The molecule has 0 N–H and O–H groups in total. The molecule has 2 fully saturated rings. The lowest BCUT2D eigenvalue weighted by Gasteiger charge is -2.16. The molecule has 3 aromatic rings. The van der Waals surface area contributed by atoms with Gasteiger partial charge in [-0.1, -0.05) is 30.3 Å². The van der Waals surface area contributed by atoms with Crippen molar-refractivity contribution in [2.24, 2.45) is 11.3 Å². The maximum Gasteiger partial charge on any atom is 0.409 e. The Labute approximate surface area is 194 Å². The third-order valence-electron chi connectivity index (χ3n) is 6.94. The topological polar surface area (TPSA) is 64.8 Å². The van der Waals surface area contributed by atoms with Gasteiger partial charge in [-0.3, -0.25) is 0 Å². The van der Waals surface area contributed by atoms with E-state index in [1.54, 1.807) is 0 Å². The largest absolute Gasteiger partial charge is 0.487 e. The number of carbonyl (C=O) groups excluding carboxylic acids is 1. The highest BCUT2D eigenvalue weighted by molar-refractivity contribution is 5.68. The van der Waals surface area contributed by atoms with Crippen LogP contribution in [0.4, 0.5) is 4.79 Å². The Hall–Kier alpha value is -3.28. The molecule has 2 aliphatic rings. The summed E-state index contributed by atoms with van der Waals surface area (Å²) < 4.78 is 17.1. The van der Waals surface area contributed by atoms with Crippen LogP contribution in [0.25, 0.3) is 11.5 Å². The number of amides is 1. The Morgan fingerprint density at radius 2 is 2.06 bits per heavy atom. The fraction of sp³-hybridized carbons (Fsp3) is 0.407. The molecule has 6 heteroatoms. The molecule has 2 atom stereocenters. The predicted molar refractivity (Wildman–Crippen MR) is 125 cm³/mol. The Kier molecular flexibility index (Phi) is 5.83. The molecule has 0 bridgehead atoms. The van der Waals surface area contributed by atoms with Gasteiger partial charge >= 0.3 is 6.09 Å². The van der Waals surface area contributed by atoms with Crippen LogP contribution in [-0.4, -0.2) is 35.7 Å². The molecule has 33 heavy (non-hydrogen) atoms. The summed E-state index contributed by atoms with van der Waals surface area (Å²) in [4.78, 5) is 18.5. The van der Waals surface area contributed by atoms with Gasteiger partial charge in [0, 0.05) is 18.7 Å². The summed E-state index contributed by atoms with van der Waals surface area (Å²) in [7, 11) is 0. The van der Waals surface area contributed by atoms with Crippen molar-refractivity contribution in [1.82, 2.24) is 9.88 Å². The summed E-state index contributed by atoms with van der Waals surface area (Å²) >= 11 is 0. The van der Waals surface area contributed by atoms with Crippen molar-refractivity contribution in [2.75, 3.05) is 19.7 Å². The fourth-order valence-corrected chi connectivity index (χ4v) is 4.95. The van der Waals surface area contributed by atoms with Crippen LogP contribution in [0.1, 0.15) is 36.8 Å².